The fourth-order valence-corrected chi connectivity index (χ4v) is 4.25. The minimum atomic E-state index is -4.57. The zero-order valence-corrected chi connectivity index (χ0v) is 20.0. The Morgan fingerprint density at radius 1 is 1.19 bits per heavy atom. The Morgan fingerprint density at radius 2 is 1.92 bits per heavy atom. The zero-order chi connectivity index (χ0) is 26.0. The van der Waals surface area contributed by atoms with Crippen molar-refractivity contribution < 1.29 is 22.9 Å². The molecule has 8 nitrogen and oxygen atoms in total. The maximum atomic E-state index is 13.5. The van der Waals surface area contributed by atoms with Crippen molar-refractivity contribution in [1.29, 1.82) is 0 Å². The normalized spacial score (nSPS) is 15.1. The van der Waals surface area contributed by atoms with Crippen molar-refractivity contribution in [3.63, 3.8) is 0 Å². The molecule has 0 aliphatic carbocycles. The van der Waals surface area contributed by atoms with Crippen LogP contribution in [0.2, 0.25) is 0 Å². The topological polar surface area (TPSA) is 91.6 Å². The molecule has 1 N–H and O–H groups in total. The molecule has 36 heavy (non-hydrogen) atoms. The van der Waals surface area contributed by atoms with Gasteiger partial charge in [-0.3, -0.25) is 19.9 Å². The molecule has 1 aromatic heterocycles. The second kappa shape index (κ2) is 10.2. The van der Waals surface area contributed by atoms with Crippen molar-refractivity contribution in [2.45, 2.75) is 25.0 Å². The van der Waals surface area contributed by atoms with Crippen molar-refractivity contribution in [2.75, 3.05) is 36.4 Å². The van der Waals surface area contributed by atoms with Crippen LogP contribution in [-0.2, 0) is 17.5 Å². The van der Waals surface area contributed by atoms with E-state index in [0.717, 1.165) is 12.1 Å². The highest BCUT2D eigenvalue weighted by Crippen LogP contribution is 2.36. The monoisotopic (exact) mass is 521 g/mol. The molecule has 1 amide bonds. The summed E-state index contributed by atoms with van der Waals surface area (Å²) in [6.45, 7) is 3.71. The van der Waals surface area contributed by atoms with Crippen molar-refractivity contribution >= 4 is 45.5 Å². The first-order chi connectivity index (χ1) is 17.0. The lowest BCUT2D eigenvalue weighted by Crippen LogP contribution is -2.50. The summed E-state index contributed by atoms with van der Waals surface area (Å²) >= 11 is 5.91. The van der Waals surface area contributed by atoms with E-state index in [2.05, 4.69) is 10.3 Å². The first kappa shape index (κ1) is 25.5. The van der Waals surface area contributed by atoms with Gasteiger partial charge in [0, 0.05) is 55.9 Å². The first-order valence-electron chi connectivity index (χ1n) is 11.2. The summed E-state index contributed by atoms with van der Waals surface area (Å²) in [5.41, 5.74) is 0.692. The second-order valence-corrected chi connectivity index (χ2v) is 9.15. The number of anilines is 2. The van der Waals surface area contributed by atoms with Gasteiger partial charge in [-0.25, -0.2) is 0 Å². The van der Waals surface area contributed by atoms with E-state index in [4.69, 9.17) is 11.6 Å². The number of rotatable bonds is 6. The van der Waals surface area contributed by atoms with Crippen LogP contribution in [0.15, 0.2) is 48.7 Å². The number of hydrogen-bond acceptors (Lipinski definition) is 6. The molecule has 0 spiro atoms. The highest BCUT2D eigenvalue weighted by atomic mass is 35.5. The quantitative estimate of drug-likeness (QED) is 0.277. The third-order valence-corrected chi connectivity index (χ3v) is 6.20. The molecule has 1 saturated heterocycles. The van der Waals surface area contributed by atoms with Crippen LogP contribution in [0.25, 0.3) is 10.9 Å². The molecule has 0 radical (unpaired) electrons. The average molecular weight is 522 g/mol. The number of nitro benzene ring substituents is 1. The van der Waals surface area contributed by atoms with Crippen LogP contribution in [-0.4, -0.2) is 52.3 Å². The third-order valence-electron chi connectivity index (χ3n) is 6.01. The predicted octanol–water partition coefficient (Wildman–Crippen LogP) is 5.05. The molecule has 2 heterocycles. The molecular weight excluding hydrogens is 499 g/mol. The number of piperazine rings is 1. The van der Waals surface area contributed by atoms with E-state index in [1.165, 1.54) is 24.4 Å². The van der Waals surface area contributed by atoms with E-state index in [9.17, 15) is 28.1 Å². The molecule has 1 fully saturated rings. The summed E-state index contributed by atoms with van der Waals surface area (Å²) in [5, 5.41) is 13.9. The largest absolute Gasteiger partial charge is 0.416 e. The molecule has 3 aromatic rings. The summed E-state index contributed by atoms with van der Waals surface area (Å²) in [7, 11) is 0. The summed E-state index contributed by atoms with van der Waals surface area (Å²) in [6, 6.07) is 9.67. The van der Waals surface area contributed by atoms with Gasteiger partial charge in [0.1, 0.15) is 5.38 Å². The lowest BCUT2D eigenvalue weighted by molar-refractivity contribution is -0.384. The van der Waals surface area contributed by atoms with Gasteiger partial charge in [-0.1, -0.05) is 12.1 Å². The molecule has 1 atom stereocenters. The summed E-state index contributed by atoms with van der Waals surface area (Å²) in [4.78, 5) is 30.7. The standard InChI is InChI=1S/C24H23ClF3N5O3/c1-15(25)23(34)32-7-5-31(6-8-32)19-12-20-21(10-17(24(26,27)28)11-22(20)30-14-19)29-13-16-3-2-4-18(9-16)33(35)36/h2-4,9-12,14-15,29H,5-8,13H2,1H3. The third kappa shape index (κ3) is 5.62. The SMILES string of the molecule is CC(Cl)C(=O)N1CCN(c2cnc3cc(C(F)(F)F)cc(NCc4cccc([N+](=O)[O-])c4)c3c2)CC1. The fourth-order valence-electron chi connectivity index (χ4n) is 4.11. The molecule has 0 saturated carbocycles. The van der Waals surface area contributed by atoms with Gasteiger partial charge < -0.3 is 15.1 Å². The van der Waals surface area contributed by atoms with E-state index < -0.39 is 22.0 Å². The lowest BCUT2D eigenvalue weighted by atomic mass is 10.1. The van der Waals surface area contributed by atoms with Crippen molar-refractivity contribution in [3.8, 4) is 0 Å². The number of carbonyl (C=O) groups excluding carboxylic acids is 1. The number of pyridine rings is 1. The first-order valence-corrected chi connectivity index (χ1v) is 11.6. The smallest absolute Gasteiger partial charge is 0.380 e. The highest BCUT2D eigenvalue weighted by Gasteiger charge is 2.32. The van der Waals surface area contributed by atoms with Gasteiger partial charge in [0.15, 0.2) is 0 Å². The van der Waals surface area contributed by atoms with Gasteiger partial charge in [0.25, 0.3) is 5.69 Å². The number of hydrogen-bond donors (Lipinski definition) is 1. The molecule has 1 unspecified atom stereocenters. The molecule has 4 rings (SSSR count). The highest BCUT2D eigenvalue weighted by molar-refractivity contribution is 6.30. The van der Waals surface area contributed by atoms with E-state index in [-0.39, 0.29) is 29.3 Å². The number of amides is 1. The number of fused-ring (bicyclic) bond motifs is 1. The Morgan fingerprint density at radius 3 is 2.56 bits per heavy atom. The van der Waals surface area contributed by atoms with Crippen molar-refractivity contribution in [2.24, 2.45) is 0 Å². The number of aromatic nitrogens is 1. The van der Waals surface area contributed by atoms with Crippen LogP contribution in [0.4, 0.5) is 30.2 Å². The number of non-ortho nitro benzene ring substituents is 1. The van der Waals surface area contributed by atoms with Gasteiger partial charge >= 0.3 is 6.18 Å². The number of nitro groups is 1. The van der Waals surface area contributed by atoms with Crippen molar-refractivity contribution in [3.05, 3.63) is 69.9 Å². The number of nitrogens with one attached hydrogen (secondary N) is 1. The van der Waals surface area contributed by atoms with Gasteiger partial charge in [0.05, 0.1) is 27.9 Å². The molecule has 190 valence electrons. The van der Waals surface area contributed by atoms with Crippen LogP contribution in [0.1, 0.15) is 18.1 Å². The molecule has 0 bridgehead atoms. The summed E-state index contributed by atoms with van der Waals surface area (Å²) < 4.78 is 40.6. The molecule has 1 aliphatic heterocycles. The second-order valence-electron chi connectivity index (χ2n) is 8.49. The minimum Gasteiger partial charge on any atom is -0.380 e. The Bertz CT molecular complexity index is 1290. The van der Waals surface area contributed by atoms with Crippen LogP contribution in [0, 0.1) is 10.1 Å². The summed E-state index contributed by atoms with van der Waals surface area (Å²) in [6.07, 6.45) is -3.05. The number of nitrogens with zero attached hydrogens (tertiary/aromatic N) is 4. The fraction of sp³-hybridized carbons (Fsp3) is 0.333. The number of halogens is 4. The van der Waals surface area contributed by atoms with E-state index in [0.29, 0.717) is 42.8 Å². The van der Waals surface area contributed by atoms with E-state index >= 15 is 0 Å². The van der Waals surface area contributed by atoms with Crippen molar-refractivity contribution in [1.82, 2.24) is 9.88 Å². The van der Waals surface area contributed by atoms with Gasteiger partial charge in [-0.05, 0) is 30.7 Å². The Kier molecular flexibility index (Phi) is 7.21. The summed E-state index contributed by atoms with van der Waals surface area (Å²) in [5.74, 6) is -0.139. The van der Waals surface area contributed by atoms with Gasteiger partial charge in [0.2, 0.25) is 5.91 Å². The maximum Gasteiger partial charge on any atom is 0.416 e. The molecule has 12 heteroatoms. The Labute approximate surface area is 209 Å². The van der Waals surface area contributed by atoms with E-state index in [1.807, 2.05) is 4.90 Å². The Hall–Kier alpha value is -3.60. The predicted molar refractivity (Wildman–Crippen MR) is 131 cm³/mol. The average Bonchev–Trinajstić information content (AvgIpc) is 2.86. The van der Waals surface area contributed by atoms with Gasteiger partial charge in [-0.2, -0.15) is 13.2 Å². The van der Waals surface area contributed by atoms with Gasteiger partial charge in [-0.15, -0.1) is 11.6 Å². The van der Waals surface area contributed by atoms with Crippen LogP contribution >= 0.6 is 11.6 Å². The minimum absolute atomic E-state index is 0.0831. The number of benzene rings is 2. The number of alkyl halides is 4. The van der Waals surface area contributed by atoms with Crippen LogP contribution in [0.3, 0.4) is 0 Å². The van der Waals surface area contributed by atoms with Crippen LogP contribution in [0.5, 0.6) is 0 Å². The maximum absolute atomic E-state index is 13.5. The lowest BCUT2D eigenvalue weighted by Gasteiger charge is -2.36. The zero-order valence-electron chi connectivity index (χ0n) is 19.3. The molecule has 1 aliphatic rings. The van der Waals surface area contributed by atoms with E-state index in [1.54, 1.807) is 24.0 Å². The molecular formula is C24H23ClF3N5O3. The Balaban J connectivity index is 1.63. The molecule has 2 aromatic carbocycles. The van der Waals surface area contributed by atoms with Crippen LogP contribution < -0.4 is 10.2 Å². The number of carbonyl (C=O) groups is 1.